The molecule has 0 amide bonds. The molecule has 0 bridgehead atoms. The van der Waals surface area contributed by atoms with Gasteiger partial charge in [-0.25, -0.2) is 0 Å². The molecule has 0 fully saturated rings. The lowest BCUT2D eigenvalue weighted by molar-refractivity contribution is -0.0190. The van der Waals surface area contributed by atoms with Crippen LogP contribution in [0.15, 0.2) is 18.5 Å². The van der Waals surface area contributed by atoms with Crippen molar-refractivity contribution in [1.82, 2.24) is 4.98 Å². The van der Waals surface area contributed by atoms with Gasteiger partial charge >= 0.3 is 0 Å². The van der Waals surface area contributed by atoms with Crippen molar-refractivity contribution in [3.8, 4) is 0 Å². The summed E-state index contributed by atoms with van der Waals surface area (Å²) >= 11 is 5.97. The van der Waals surface area contributed by atoms with Crippen LogP contribution in [0.3, 0.4) is 0 Å². The molecule has 90 valence electrons. The van der Waals surface area contributed by atoms with E-state index in [1.807, 2.05) is 19.9 Å². The van der Waals surface area contributed by atoms with Crippen LogP contribution in [0.5, 0.6) is 0 Å². The second-order valence-corrected chi connectivity index (χ2v) is 4.90. The normalized spacial score (nSPS) is 13.8. The van der Waals surface area contributed by atoms with Gasteiger partial charge in [0.05, 0.1) is 16.7 Å². The molecule has 1 unspecified atom stereocenters. The first-order chi connectivity index (χ1) is 7.44. The summed E-state index contributed by atoms with van der Waals surface area (Å²) in [6, 6.07) is 1.82. The number of aliphatic hydroxyl groups is 1. The van der Waals surface area contributed by atoms with Crippen LogP contribution in [0, 0.1) is 0 Å². The van der Waals surface area contributed by atoms with Crippen LogP contribution in [-0.2, 0) is 11.2 Å². The van der Waals surface area contributed by atoms with Gasteiger partial charge in [0.15, 0.2) is 0 Å². The van der Waals surface area contributed by atoms with Crippen molar-refractivity contribution in [2.75, 3.05) is 7.11 Å². The Morgan fingerprint density at radius 1 is 1.56 bits per heavy atom. The van der Waals surface area contributed by atoms with E-state index >= 15 is 0 Å². The lowest BCUT2D eigenvalue weighted by Crippen LogP contribution is -2.29. The Morgan fingerprint density at radius 3 is 2.81 bits per heavy atom. The molecule has 0 aliphatic carbocycles. The van der Waals surface area contributed by atoms with Gasteiger partial charge in [-0.15, -0.1) is 0 Å². The van der Waals surface area contributed by atoms with Crippen LogP contribution in [0.25, 0.3) is 0 Å². The number of nitrogens with zero attached hydrogens (tertiary/aromatic N) is 1. The fourth-order valence-corrected chi connectivity index (χ4v) is 1.74. The van der Waals surface area contributed by atoms with Crippen molar-refractivity contribution < 1.29 is 9.84 Å². The molecule has 0 saturated heterocycles. The predicted octanol–water partition coefficient (Wildman–Crippen LogP) is 2.45. The average molecular weight is 244 g/mol. The van der Waals surface area contributed by atoms with E-state index in [0.717, 1.165) is 5.56 Å². The summed E-state index contributed by atoms with van der Waals surface area (Å²) in [4.78, 5) is 3.90. The maximum absolute atomic E-state index is 9.93. The number of rotatable bonds is 5. The highest BCUT2D eigenvalue weighted by Crippen LogP contribution is 2.21. The van der Waals surface area contributed by atoms with Gasteiger partial charge in [0.2, 0.25) is 0 Å². The molecule has 16 heavy (non-hydrogen) atoms. The fourth-order valence-electron chi connectivity index (χ4n) is 1.55. The van der Waals surface area contributed by atoms with Gasteiger partial charge in [-0.05, 0) is 25.5 Å². The van der Waals surface area contributed by atoms with Crippen LogP contribution in [-0.4, -0.2) is 28.9 Å². The minimum absolute atomic E-state index is 0.321. The molecule has 1 aromatic heterocycles. The summed E-state index contributed by atoms with van der Waals surface area (Å²) in [6.07, 6.45) is 3.89. The zero-order valence-corrected chi connectivity index (χ0v) is 10.7. The molecule has 0 aliphatic heterocycles. The number of hydrogen-bond donors (Lipinski definition) is 1. The van der Waals surface area contributed by atoms with Crippen LogP contribution >= 0.6 is 11.6 Å². The van der Waals surface area contributed by atoms with Crippen molar-refractivity contribution in [2.24, 2.45) is 0 Å². The monoisotopic (exact) mass is 243 g/mol. The topological polar surface area (TPSA) is 42.4 Å². The van der Waals surface area contributed by atoms with Gasteiger partial charge in [-0.1, -0.05) is 11.6 Å². The van der Waals surface area contributed by atoms with Crippen molar-refractivity contribution in [2.45, 2.75) is 38.4 Å². The molecule has 0 spiro atoms. The number of ether oxygens (including phenoxy) is 1. The van der Waals surface area contributed by atoms with E-state index in [-0.39, 0.29) is 5.60 Å². The van der Waals surface area contributed by atoms with Crippen molar-refractivity contribution in [3.05, 3.63) is 29.0 Å². The zero-order valence-electron chi connectivity index (χ0n) is 9.90. The third kappa shape index (κ3) is 4.08. The van der Waals surface area contributed by atoms with Crippen LogP contribution in [0.1, 0.15) is 25.8 Å². The molecule has 4 heteroatoms. The highest BCUT2D eigenvalue weighted by molar-refractivity contribution is 6.31. The van der Waals surface area contributed by atoms with E-state index in [2.05, 4.69) is 4.98 Å². The molecule has 3 nitrogen and oxygen atoms in total. The fraction of sp³-hybridized carbons (Fsp3) is 0.583. The second kappa shape index (κ2) is 5.62. The predicted molar refractivity (Wildman–Crippen MR) is 64.7 cm³/mol. The summed E-state index contributed by atoms with van der Waals surface area (Å²) in [7, 11) is 1.64. The molecule has 1 aromatic rings. The van der Waals surface area contributed by atoms with Crippen LogP contribution in [0.4, 0.5) is 0 Å². The van der Waals surface area contributed by atoms with Gasteiger partial charge in [-0.2, -0.15) is 0 Å². The first-order valence-electron chi connectivity index (χ1n) is 5.26. The maximum atomic E-state index is 9.93. The Bertz CT molecular complexity index is 342. The minimum atomic E-state index is -0.463. The Labute approximate surface area is 101 Å². The third-order valence-corrected chi connectivity index (χ3v) is 2.93. The van der Waals surface area contributed by atoms with E-state index in [1.165, 1.54) is 0 Å². The van der Waals surface area contributed by atoms with E-state index in [0.29, 0.717) is 17.9 Å². The van der Waals surface area contributed by atoms with Crippen molar-refractivity contribution >= 4 is 11.6 Å². The van der Waals surface area contributed by atoms with Gasteiger partial charge in [0, 0.05) is 32.3 Å². The number of aromatic nitrogens is 1. The number of halogens is 1. The van der Waals surface area contributed by atoms with Crippen LogP contribution < -0.4 is 0 Å². The lowest BCUT2D eigenvalue weighted by Gasteiger charge is -2.25. The Morgan fingerprint density at radius 2 is 2.25 bits per heavy atom. The first-order valence-corrected chi connectivity index (χ1v) is 5.64. The SMILES string of the molecule is COC(C)(C)CC(O)Cc1ccncc1Cl. The molecule has 0 aliphatic rings. The smallest absolute Gasteiger partial charge is 0.0647 e. The largest absolute Gasteiger partial charge is 0.393 e. The number of hydrogen-bond acceptors (Lipinski definition) is 3. The Hall–Kier alpha value is -0.640. The molecular weight excluding hydrogens is 226 g/mol. The summed E-state index contributed by atoms with van der Waals surface area (Å²) < 4.78 is 5.27. The molecule has 0 radical (unpaired) electrons. The van der Waals surface area contributed by atoms with Gasteiger partial charge < -0.3 is 9.84 Å². The molecule has 0 aromatic carbocycles. The lowest BCUT2D eigenvalue weighted by atomic mass is 9.96. The first kappa shape index (κ1) is 13.4. The maximum Gasteiger partial charge on any atom is 0.0647 e. The molecule has 1 heterocycles. The standard InChI is InChI=1S/C12H18ClNO2/c1-12(2,16-3)7-10(15)6-9-4-5-14-8-11(9)13/h4-5,8,10,15H,6-7H2,1-3H3. The highest BCUT2D eigenvalue weighted by Gasteiger charge is 2.21. The summed E-state index contributed by atoms with van der Waals surface area (Å²) in [5.41, 5.74) is 0.593. The molecule has 1 rings (SSSR count). The Balaban J connectivity index is 2.58. The second-order valence-electron chi connectivity index (χ2n) is 4.49. The van der Waals surface area contributed by atoms with Gasteiger partial charge in [-0.3, -0.25) is 4.98 Å². The van der Waals surface area contributed by atoms with Crippen LogP contribution in [0.2, 0.25) is 5.02 Å². The molecule has 0 saturated carbocycles. The Kier molecular flexibility index (Phi) is 4.71. The molecule has 1 N–H and O–H groups in total. The van der Waals surface area contributed by atoms with Gasteiger partial charge in [0.25, 0.3) is 0 Å². The quantitative estimate of drug-likeness (QED) is 0.864. The van der Waals surface area contributed by atoms with E-state index < -0.39 is 6.10 Å². The number of aliphatic hydroxyl groups excluding tert-OH is 1. The van der Waals surface area contributed by atoms with Gasteiger partial charge in [0.1, 0.15) is 0 Å². The van der Waals surface area contributed by atoms with Crippen molar-refractivity contribution in [3.63, 3.8) is 0 Å². The van der Waals surface area contributed by atoms with E-state index in [9.17, 15) is 5.11 Å². The summed E-state index contributed by atoms with van der Waals surface area (Å²) in [5, 5.41) is 10.5. The zero-order chi connectivity index (χ0) is 12.2. The van der Waals surface area contributed by atoms with Crippen molar-refractivity contribution in [1.29, 1.82) is 0 Å². The molecular formula is C12H18ClNO2. The summed E-state index contributed by atoms with van der Waals surface area (Å²) in [5.74, 6) is 0. The number of methoxy groups -OCH3 is 1. The third-order valence-electron chi connectivity index (χ3n) is 2.59. The number of pyridine rings is 1. The summed E-state index contributed by atoms with van der Waals surface area (Å²) in [6.45, 7) is 3.90. The van der Waals surface area contributed by atoms with E-state index in [1.54, 1.807) is 19.5 Å². The average Bonchev–Trinajstić information content (AvgIpc) is 2.21. The minimum Gasteiger partial charge on any atom is -0.393 e. The highest BCUT2D eigenvalue weighted by atomic mass is 35.5. The van der Waals surface area contributed by atoms with E-state index in [4.69, 9.17) is 16.3 Å². The molecule has 1 atom stereocenters.